The second kappa shape index (κ2) is 8.37. The number of anilines is 1. The molecule has 12 heteroatoms. The number of ketones is 1. The van der Waals surface area contributed by atoms with Crippen LogP contribution in [0.15, 0.2) is 23.4 Å². The minimum Gasteiger partial charge on any atom is -0.477 e. The number of fused-ring (bicyclic) bond motifs is 1. The van der Waals surface area contributed by atoms with Gasteiger partial charge in [0.1, 0.15) is 28.5 Å². The third-order valence-corrected chi connectivity index (χ3v) is 7.73. The summed E-state index contributed by atoms with van der Waals surface area (Å²) in [5.74, 6) is -0.652. The number of aromatic nitrogens is 5. The lowest BCUT2D eigenvalue weighted by molar-refractivity contribution is -0.122. The summed E-state index contributed by atoms with van der Waals surface area (Å²) in [7, 11) is 0. The first-order chi connectivity index (χ1) is 16.2. The molecular formula is C22H20N6O4S2. The van der Waals surface area contributed by atoms with E-state index in [1.807, 2.05) is 18.7 Å². The Morgan fingerprint density at radius 1 is 1.21 bits per heavy atom. The predicted molar refractivity (Wildman–Crippen MR) is 129 cm³/mol. The van der Waals surface area contributed by atoms with Crippen molar-refractivity contribution in [3.8, 4) is 5.13 Å². The van der Waals surface area contributed by atoms with Crippen LogP contribution in [0.2, 0.25) is 0 Å². The third kappa shape index (κ3) is 3.78. The summed E-state index contributed by atoms with van der Waals surface area (Å²) in [5.41, 5.74) is 0.930. The standard InChI is InChI=1S/C22H20N6O4S2/c1-10-4-16(27-6-13(7-27)15(29)5-17-25-11(2)12(3)33-17)26-20-18(10)19(30)14(21(31)32)8-28(20)22-23-9-24-34-22/h4,8-9,13H,5-7H2,1-3H3,(H,31,32). The van der Waals surface area contributed by atoms with Crippen molar-refractivity contribution >= 4 is 51.5 Å². The van der Waals surface area contributed by atoms with Crippen molar-refractivity contribution in [1.82, 2.24) is 23.9 Å². The SMILES string of the molecule is Cc1nc(CC(=O)C2CN(c3cc(C)c4c(=O)c(C(=O)O)cn(-c5ncns5)c4n3)C2)sc1C. The van der Waals surface area contributed by atoms with Gasteiger partial charge in [0, 0.05) is 35.7 Å². The molecule has 4 aromatic heterocycles. The normalized spacial score (nSPS) is 13.9. The van der Waals surface area contributed by atoms with E-state index in [0.717, 1.165) is 27.1 Å². The van der Waals surface area contributed by atoms with Gasteiger partial charge in [-0.25, -0.2) is 19.7 Å². The molecule has 5 rings (SSSR count). The van der Waals surface area contributed by atoms with Gasteiger partial charge in [-0.1, -0.05) is 0 Å². The van der Waals surface area contributed by atoms with Gasteiger partial charge in [0.2, 0.25) is 10.6 Å². The second-order valence-corrected chi connectivity index (χ2v) is 10.3. The molecular weight excluding hydrogens is 476 g/mol. The molecule has 5 heterocycles. The van der Waals surface area contributed by atoms with Crippen LogP contribution in [-0.2, 0) is 11.2 Å². The number of carboxylic acid groups (broad SMARTS) is 1. The van der Waals surface area contributed by atoms with Gasteiger partial charge in [-0.2, -0.15) is 4.37 Å². The van der Waals surface area contributed by atoms with Crippen molar-refractivity contribution in [2.45, 2.75) is 27.2 Å². The summed E-state index contributed by atoms with van der Waals surface area (Å²) >= 11 is 2.63. The third-order valence-electron chi connectivity index (χ3n) is 5.99. The zero-order chi connectivity index (χ0) is 24.1. The zero-order valence-corrected chi connectivity index (χ0v) is 20.2. The molecule has 4 aromatic rings. The number of carbonyl (C=O) groups is 2. The van der Waals surface area contributed by atoms with E-state index >= 15 is 0 Å². The minimum atomic E-state index is -1.32. The van der Waals surface area contributed by atoms with E-state index in [9.17, 15) is 19.5 Å². The summed E-state index contributed by atoms with van der Waals surface area (Å²) < 4.78 is 5.47. The molecule has 1 saturated heterocycles. The highest BCUT2D eigenvalue weighted by molar-refractivity contribution is 7.11. The quantitative estimate of drug-likeness (QED) is 0.428. The van der Waals surface area contributed by atoms with Crippen LogP contribution in [0, 0.1) is 26.7 Å². The molecule has 1 fully saturated rings. The number of hydrogen-bond acceptors (Lipinski definition) is 10. The highest BCUT2D eigenvalue weighted by atomic mass is 32.1. The number of aromatic carboxylic acids is 1. The van der Waals surface area contributed by atoms with Gasteiger partial charge >= 0.3 is 5.97 Å². The fourth-order valence-electron chi connectivity index (χ4n) is 3.99. The number of hydrogen-bond donors (Lipinski definition) is 1. The molecule has 34 heavy (non-hydrogen) atoms. The fourth-order valence-corrected chi connectivity index (χ4v) is 5.44. The van der Waals surface area contributed by atoms with E-state index in [0.29, 0.717) is 41.7 Å². The van der Waals surface area contributed by atoms with E-state index in [1.165, 1.54) is 17.1 Å². The Morgan fingerprint density at radius 2 is 1.97 bits per heavy atom. The van der Waals surface area contributed by atoms with Crippen LogP contribution in [0.3, 0.4) is 0 Å². The van der Waals surface area contributed by atoms with Gasteiger partial charge in [-0.3, -0.25) is 14.2 Å². The maximum atomic E-state index is 12.9. The Balaban J connectivity index is 1.46. The average Bonchev–Trinajstić information content (AvgIpc) is 3.36. The number of nitrogens with zero attached hydrogens (tertiary/aromatic N) is 6. The minimum absolute atomic E-state index is 0.109. The molecule has 174 valence electrons. The van der Waals surface area contributed by atoms with Crippen molar-refractivity contribution in [2.24, 2.45) is 5.92 Å². The largest absolute Gasteiger partial charge is 0.477 e. The van der Waals surface area contributed by atoms with Crippen LogP contribution < -0.4 is 10.3 Å². The van der Waals surface area contributed by atoms with Crippen LogP contribution in [-0.4, -0.2) is 53.8 Å². The van der Waals surface area contributed by atoms with Crippen LogP contribution in [0.1, 0.15) is 31.5 Å². The predicted octanol–water partition coefficient (Wildman–Crippen LogP) is 2.57. The number of pyridine rings is 2. The highest BCUT2D eigenvalue weighted by Gasteiger charge is 2.34. The van der Waals surface area contributed by atoms with E-state index < -0.39 is 11.4 Å². The van der Waals surface area contributed by atoms with E-state index in [2.05, 4.69) is 19.3 Å². The Morgan fingerprint density at radius 3 is 2.59 bits per heavy atom. The lowest BCUT2D eigenvalue weighted by Gasteiger charge is -2.39. The van der Waals surface area contributed by atoms with Crippen LogP contribution >= 0.6 is 22.9 Å². The molecule has 0 amide bonds. The van der Waals surface area contributed by atoms with E-state index in [-0.39, 0.29) is 22.7 Å². The zero-order valence-electron chi connectivity index (χ0n) is 18.6. The van der Waals surface area contributed by atoms with Crippen molar-refractivity contribution in [3.05, 3.63) is 55.5 Å². The monoisotopic (exact) mass is 496 g/mol. The number of carbonyl (C=O) groups excluding carboxylic acids is 1. The summed E-state index contributed by atoms with van der Waals surface area (Å²) in [6.45, 7) is 6.74. The van der Waals surface area contributed by atoms with Gasteiger partial charge in [0.15, 0.2) is 5.65 Å². The first kappa shape index (κ1) is 22.3. The number of thiazole rings is 1. The molecule has 1 aliphatic rings. The first-order valence-electron chi connectivity index (χ1n) is 10.5. The molecule has 0 radical (unpaired) electrons. The summed E-state index contributed by atoms with van der Waals surface area (Å²) in [5, 5.41) is 11.0. The second-order valence-electron chi connectivity index (χ2n) is 8.26. The lowest BCUT2D eigenvalue weighted by Crippen LogP contribution is -2.51. The summed E-state index contributed by atoms with van der Waals surface area (Å²) in [6.07, 6.45) is 2.93. The van der Waals surface area contributed by atoms with E-state index in [4.69, 9.17) is 0 Å². The maximum Gasteiger partial charge on any atom is 0.341 e. The van der Waals surface area contributed by atoms with Crippen molar-refractivity contribution < 1.29 is 14.7 Å². The molecule has 0 spiro atoms. The van der Waals surface area contributed by atoms with Crippen LogP contribution in [0.5, 0.6) is 0 Å². The molecule has 1 N–H and O–H groups in total. The molecule has 0 bridgehead atoms. The molecule has 0 saturated carbocycles. The maximum absolute atomic E-state index is 12.9. The lowest BCUT2D eigenvalue weighted by atomic mass is 9.93. The number of carboxylic acids is 1. The van der Waals surface area contributed by atoms with Gasteiger partial charge in [-0.05, 0) is 32.4 Å². The van der Waals surface area contributed by atoms with Crippen LogP contribution in [0.25, 0.3) is 16.2 Å². The summed E-state index contributed by atoms with van der Waals surface area (Å²) in [4.78, 5) is 53.7. The van der Waals surface area contributed by atoms with Gasteiger partial charge in [-0.15, -0.1) is 11.3 Å². The smallest absolute Gasteiger partial charge is 0.341 e. The van der Waals surface area contributed by atoms with Crippen LogP contribution in [0.4, 0.5) is 5.82 Å². The van der Waals surface area contributed by atoms with Crippen molar-refractivity contribution in [3.63, 3.8) is 0 Å². The molecule has 0 atom stereocenters. The molecule has 0 unspecified atom stereocenters. The van der Waals surface area contributed by atoms with Crippen molar-refractivity contribution in [2.75, 3.05) is 18.0 Å². The van der Waals surface area contributed by atoms with E-state index in [1.54, 1.807) is 24.3 Å². The average molecular weight is 497 g/mol. The number of aryl methyl sites for hydroxylation is 3. The highest BCUT2D eigenvalue weighted by Crippen LogP contribution is 2.29. The molecule has 0 aliphatic carbocycles. The topological polar surface area (TPSA) is 131 Å². The van der Waals surface area contributed by atoms with Crippen molar-refractivity contribution in [1.29, 1.82) is 0 Å². The van der Waals surface area contributed by atoms with Gasteiger partial charge in [0.05, 0.1) is 23.4 Å². The Hall–Kier alpha value is -3.51. The summed E-state index contributed by atoms with van der Waals surface area (Å²) in [6, 6.07) is 1.76. The number of rotatable bonds is 6. The Labute approximate surface area is 201 Å². The van der Waals surface area contributed by atoms with Gasteiger partial charge in [0.25, 0.3) is 0 Å². The van der Waals surface area contributed by atoms with Gasteiger partial charge < -0.3 is 10.0 Å². The Bertz CT molecular complexity index is 1480. The first-order valence-corrected chi connectivity index (χ1v) is 12.1. The fraction of sp³-hybridized carbons (Fsp3) is 0.318. The molecule has 0 aromatic carbocycles. The molecule has 1 aliphatic heterocycles. The number of Topliss-reactive ketones (excluding diaryl/α,β-unsaturated/α-hetero) is 1. The molecule has 10 nitrogen and oxygen atoms in total. The Kier molecular flexibility index (Phi) is 5.48.